The second-order valence-electron chi connectivity index (χ2n) is 7.08. The zero-order valence-corrected chi connectivity index (χ0v) is 17.1. The topological polar surface area (TPSA) is 83.6 Å². The van der Waals surface area contributed by atoms with E-state index < -0.39 is 33.4 Å². The van der Waals surface area contributed by atoms with Crippen molar-refractivity contribution < 1.29 is 22.4 Å². The predicted octanol–water partition coefficient (Wildman–Crippen LogP) is 2.52. The molecule has 1 heterocycles. The largest absolute Gasteiger partial charge is 0.340 e. The molecule has 0 atom stereocenters. The van der Waals surface area contributed by atoms with Crippen molar-refractivity contribution in [1.82, 2.24) is 9.62 Å². The molecule has 1 fully saturated rings. The van der Waals surface area contributed by atoms with Crippen molar-refractivity contribution >= 4 is 21.7 Å². The van der Waals surface area contributed by atoms with Gasteiger partial charge in [-0.15, -0.1) is 0 Å². The number of halogens is 1. The summed E-state index contributed by atoms with van der Waals surface area (Å²) in [5.74, 6) is -1.41. The zero-order valence-electron chi connectivity index (χ0n) is 16.3. The van der Waals surface area contributed by atoms with Crippen LogP contribution < -0.4 is 4.72 Å². The Morgan fingerprint density at radius 2 is 1.79 bits per heavy atom. The molecule has 1 aliphatic heterocycles. The van der Waals surface area contributed by atoms with Crippen LogP contribution in [0.4, 0.5) is 4.39 Å². The molecule has 8 heteroatoms. The highest BCUT2D eigenvalue weighted by atomic mass is 32.2. The highest BCUT2D eigenvalue weighted by molar-refractivity contribution is 7.90. The molecular weight excluding hydrogens is 395 g/mol. The minimum absolute atomic E-state index is 0.104. The fraction of sp³-hybridized carbons (Fsp3) is 0.333. The first-order chi connectivity index (χ1) is 13.7. The number of sulfonamides is 1. The van der Waals surface area contributed by atoms with Gasteiger partial charge in [0, 0.05) is 19.5 Å². The molecule has 1 aliphatic rings. The van der Waals surface area contributed by atoms with Crippen molar-refractivity contribution in [3.8, 4) is 11.1 Å². The number of hydrogen-bond acceptors (Lipinski definition) is 4. The minimum Gasteiger partial charge on any atom is -0.340 e. The Morgan fingerprint density at radius 1 is 1.14 bits per heavy atom. The average molecular weight is 418 g/mol. The number of nitrogens with zero attached hydrogens (tertiary/aromatic N) is 1. The second-order valence-corrected chi connectivity index (χ2v) is 9.13. The number of amides is 1. The van der Waals surface area contributed by atoms with Crippen LogP contribution in [0, 0.1) is 12.7 Å². The van der Waals surface area contributed by atoms with E-state index in [2.05, 4.69) is 4.72 Å². The fourth-order valence-corrected chi connectivity index (χ4v) is 4.53. The van der Waals surface area contributed by atoms with Crippen LogP contribution in [0.3, 0.4) is 0 Å². The predicted molar refractivity (Wildman–Crippen MR) is 108 cm³/mol. The quantitative estimate of drug-likeness (QED) is 0.701. The lowest BCUT2D eigenvalue weighted by Crippen LogP contribution is -2.59. The van der Waals surface area contributed by atoms with Gasteiger partial charge in [0.2, 0.25) is 15.9 Å². The summed E-state index contributed by atoms with van der Waals surface area (Å²) in [4.78, 5) is 25.6. The van der Waals surface area contributed by atoms with E-state index in [1.165, 1.54) is 11.0 Å². The van der Waals surface area contributed by atoms with Gasteiger partial charge < -0.3 is 4.90 Å². The van der Waals surface area contributed by atoms with Crippen LogP contribution in [0.25, 0.3) is 11.1 Å². The molecule has 1 N–H and O–H groups in total. The Morgan fingerprint density at radius 3 is 2.41 bits per heavy atom. The molecule has 1 saturated heterocycles. The van der Waals surface area contributed by atoms with Gasteiger partial charge in [0.15, 0.2) is 5.78 Å². The maximum absolute atomic E-state index is 14.5. The number of aryl methyl sites for hydroxylation is 1. The highest BCUT2D eigenvalue weighted by Gasteiger charge is 2.39. The normalized spacial score (nSPS) is 14.5. The molecule has 0 radical (unpaired) electrons. The molecule has 29 heavy (non-hydrogen) atoms. The summed E-state index contributed by atoms with van der Waals surface area (Å²) in [6.07, 6.45) is 0.315. The molecule has 2 aromatic rings. The van der Waals surface area contributed by atoms with Gasteiger partial charge in [-0.25, -0.2) is 17.5 Å². The third-order valence-electron chi connectivity index (χ3n) is 5.04. The van der Waals surface area contributed by atoms with Crippen molar-refractivity contribution in [2.75, 3.05) is 19.6 Å². The number of Topliss-reactive ketones (excluding diaryl/α,β-unsaturated/α-hetero) is 1. The van der Waals surface area contributed by atoms with Gasteiger partial charge in [0.1, 0.15) is 11.1 Å². The van der Waals surface area contributed by atoms with E-state index in [9.17, 15) is 22.4 Å². The molecular formula is C21H23FN2O4S. The monoisotopic (exact) mass is 418 g/mol. The lowest BCUT2D eigenvalue weighted by Gasteiger charge is -2.38. The molecule has 0 bridgehead atoms. The van der Waals surface area contributed by atoms with Gasteiger partial charge in [-0.3, -0.25) is 9.59 Å². The van der Waals surface area contributed by atoms with Gasteiger partial charge in [-0.2, -0.15) is 0 Å². The minimum atomic E-state index is -3.77. The van der Waals surface area contributed by atoms with Crippen molar-refractivity contribution in [2.45, 2.75) is 25.5 Å². The summed E-state index contributed by atoms with van der Waals surface area (Å²) in [7, 11) is -3.77. The van der Waals surface area contributed by atoms with Crippen molar-refractivity contribution in [2.24, 2.45) is 0 Å². The molecule has 154 valence electrons. The van der Waals surface area contributed by atoms with E-state index in [1.807, 2.05) is 30.3 Å². The van der Waals surface area contributed by atoms with Gasteiger partial charge >= 0.3 is 0 Å². The standard InChI is InChI=1S/C21H23FN2O4S/c1-3-20(26)24-12-17(13-24)29(27,28)23-11-19(25)18-10-16(9-14(2)21(18)22)15-7-5-4-6-8-15/h4-10,17,23H,3,11-13H2,1-2H3. The Hall–Kier alpha value is -2.58. The summed E-state index contributed by atoms with van der Waals surface area (Å²) in [6, 6.07) is 12.3. The first-order valence-electron chi connectivity index (χ1n) is 9.38. The van der Waals surface area contributed by atoms with Gasteiger partial charge in [0.25, 0.3) is 0 Å². The highest BCUT2D eigenvalue weighted by Crippen LogP contribution is 2.25. The number of ketones is 1. The summed E-state index contributed by atoms with van der Waals surface area (Å²) in [6.45, 7) is 2.95. The van der Waals surface area contributed by atoms with Gasteiger partial charge in [0.05, 0.1) is 12.1 Å². The molecule has 3 rings (SSSR count). The van der Waals surface area contributed by atoms with Crippen LogP contribution in [0.5, 0.6) is 0 Å². The zero-order chi connectivity index (χ0) is 21.2. The summed E-state index contributed by atoms with van der Waals surface area (Å²) >= 11 is 0. The third-order valence-corrected chi connectivity index (χ3v) is 6.76. The Kier molecular flexibility index (Phi) is 6.14. The summed E-state index contributed by atoms with van der Waals surface area (Å²) in [5, 5.41) is -0.756. The lowest BCUT2D eigenvalue weighted by atomic mass is 9.98. The van der Waals surface area contributed by atoms with E-state index in [0.29, 0.717) is 17.5 Å². The van der Waals surface area contributed by atoms with E-state index in [0.717, 1.165) is 5.56 Å². The van der Waals surface area contributed by atoms with Crippen LogP contribution in [0.15, 0.2) is 42.5 Å². The number of benzene rings is 2. The van der Waals surface area contributed by atoms with E-state index >= 15 is 0 Å². The molecule has 6 nitrogen and oxygen atoms in total. The van der Waals surface area contributed by atoms with Crippen molar-refractivity contribution in [3.63, 3.8) is 0 Å². The molecule has 0 saturated carbocycles. The lowest BCUT2D eigenvalue weighted by molar-refractivity contribution is -0.133. The molecule has 0 unspecified atom stereocenters. The number of likely N-dealkylation sites (tertiary alicyclic amines) is 1. The maximum Gasteiger partial charge on any atom is 0.222 e. The summed E-state index contributed by atoms with van der Waals surface area (Å²) in [5.41, 5.74) is 1.68. The van der Waals surface area contributed by atoms with Crippen LogP contribution in [0.2, 0.25) is 0 Å². The van der Waals surface area contributed by atoms with Crippen LogP contribution >= 0.6 is 0 Å². The third kappa shape index (κ3) is 4.54. The smallest absolute Gasteiger partial charge is 0.222 e. The second kappa shape index (κ2) is 8.42. The average Bonchev–Trinajstić information content (AvgIpc) is 2.67. The van der Waals surface area contributed by atoms with Crippen molar-refractivity contribution in [3.05, 3.63) is 59.4 Å². The van der Waals surface area contributed by atoms with Crippen LogP contribution in [-0.2, 0) is 14.8 Å². The van der Waals surface area contributed by atoms with E-state index in [1.54, 1.807) is 19.9 Å². The van der Waals surface area contributed by atoms with Crippen LogP contribution in [0.1, 0.15) is 29.3 Å². The van der Waals surface area contributed by atoms with E-state index in [4.69, 9.17) is 0 Å². The molecule has 0 spiro atoms. The van der Waals surface area contributed by atoms with Gasteiger partial charge in [-0.05, 0) is 35.7 Å². The maximum atomic E-state index is 14.5. The SMILES string of the molecule is CCC(=O)N1CC(S(=O)(=O)NCC(=O)c2cc(-c3ccccc3)cc(C)c2F)C1. The molecule has 2 aromatic carbocycles. The number of nitrogens with one attached hydrogen (secondary N) is 1. The number of carbonyl (C=O) groups is 2. The number of carbonyl (C=O) groups excluding carboxylic acids is 2. The molecule has 0 aliphatic carbocycles. The Balaban J connectivity index is 1.71. The van der Waals surface area contributed by atoms with Crippen molar-refractivity contribution in [1.29, 1.82) is 0 Å². The number of rotatable bonds is 7. The van der Waals surface area contributed by atoms with Crippen LogP contribution in [-0.4, -0.2) is 49.9 Å². The number of hydrogen-bond donors (Lipinski definition) is 1. The molecule has 1 amide bonds. The first-order valence-corrected chi connectivity index (χ1v) is 10.9. The van der Waals surface area contributed by atoms with E-state index in [-0.39, 0.29) is 24.6 Å². The fourth-order valence-electron chi connectivity index (χ4n) is 3.21. The van der Waals surface area contributed by atoms with Gasteiger partial charge in [-0.1, -0.05) is 37.3 Å². The molecule has 0 aromatic heterocycles. The first kappa shape index (κ1) is 21.1. The Labute approximate surface area is 169 Å². The summed E-state index contributed by atoms with van der Waals surface area (Å²) < 4.78 is 41.5. The Bertz CT molecular complexity index is 1030.